The maximum Gasteiger partial charge on any atom is 0.261 e. The fraction of sp³-hybridized carbons (Fsp3) is 0.278. The molecule has 23 heavy (non-hydrogen) atoms. The first-order valence-electron chi connectivity index (χ1n) is 7.44. The smallest absolute Gasteiger partial charge is 0.261 e. The molecule has 1 N–H and O–H groups in total. The highest BCUT2D eigenvalue weighted by Crippen LogP contribution is 2.29. The standard InChI is InChI=1S/C18H20BrNO2S/c1-4-13-8-9-16(12(2)10-13)21-11-14-15(19)6-5-7-17(14)22-18(23)20-3/h5-10H,4,11H2,1-3H3,(H,20,23). The van der Waals surface area contributed by atoms with Crippen molar-refractivity contribution in [2.24, 2.45) is 0 Å². The largest absolute Gasteiger partial charge is 0.488 e. The van der Waals surface area contributed by atoms with Crippen LogP contribution in [0.25, 0.3) is 0 Å². The number of benzene rings is 2. The maximum atomic E-state index is 5.99. The summed E-state index contributed by atoms with van der Waals surface area (Å²) in [5, 5.41) is 3.14. The second kappa shape index (κ2) is 8.31. The molecule has 2 rings (SSSR count). The van der Waals surface area contributed by atoms with Crippen LogP contribution in [0.2, 0.25) is 0 Å². The lowest BCUT2D eigenvalue weighted by Gasteiger charge is -2.15. The molecule has 0 aliphatic heterocycles. The maximum absolute atomic E-state index is 5.99. The van der Waals surface area contributed by atoms with Gasteiger partial charge in [0.05, 0.1) is 0 Å². The fourth-order valence-corrected chi connectivity index (χ4v) is 2.72. The van der Waals surface area contributed by atoms with Crippen LogP contribution in [0.4, 0.5) is 0 Å². The van der Waals surface area contributed by atoms with Gasteiger partial charge in [-0.15, -0.1) is 0 Å². The highest BCUT2D eigenvalue weighted by atomic mass is 79.9. The normalized spacial score (nSPS) is 10.3. The summed E-state index contributed by atoms with van der Waals surface area (Å²) in [6.45, 7) is 4.60. The molecule has 5 heteroatoms. The molecular formula is C18H20BrNO2S. The van der Waals surface area contributed by atoms with Gasteiger partial charge >= 0.3 is 0 Å². The fourth-order valence-electron chi connectivity index (χ4n) is 2.17. The molecule has 0 fully saturated rings. The van der Waals surface area contributed by atoms with Crippen LogP contribution in [0, 0.1) is 6.92 Å². The molecule has 0 unspecified atom stereocenters. The Bertz CT molecular complexity index is 703. The Labute approximate surface area is 151 Å². The molecule has 0 aliphatic rings. The zero-order valence-corrected chi connectivity index (χ0v) is 15.9. The number of thiocarbonyl (C=S) groups is 1. The van der Waals surface area contributed by atoms with Crippen LogP contribution < -0.4 is 14.8 Å². The highest BCUT2D eigenvalue weighted by Gasteiger charge is 2.11. The van der Waals surface area contributed by atoms with Crippen molar-refractivity contribution >= 4 is 33.3 Å². The number of halogens is 1. The lowest BCUT2D eigenvalue weighted by Crippen LogP contribution is -2.22. The molecule has 0 bridgehead atoms. The Balaban J connectivity index is 2.18. The monoisotopic (exact) mass is 393 g/mol. The minimum Gasteiger partial charge on any atom is -0.488 e. The molecule has 0 saturated carbocycles. The van der Waals surface area contributed by atoms with Crippen LogP contribution in [0.1, 0.15) is 23.6 Å². The minimum atomic E-state index is 0.327. The van der Waals surface area contributed by atoms with Crippen molar-refractivity contribution in [3.63, 3.8) is 0 Å². The van der Waals surface area contributed by atoms with Gasteiger partial charge in [-0.3, -0.25) is 0 Å². The highest BCUT2D eigenvalue weighted by molar-refractivity contribution is 9.10. The van der Waals surface area contributed by atoms with Crippen LogP contribution in [-0.2, 0) is 13.0 Å². The second-order valence-electron chi connectivity index (χ2n) is 5.10. The first kappa shape index (κ1) is 17.8. The second-order valence-corrected chi connectivity index (χ2v) is 6.32. The summed E-state index contributed by atoms with van der Waals surface area (Å²) in [5.74, 6) is 1.56. The van der Waals surface area contributed by atoms with E-state index < -0.39 is 0 Å². The molecule has 0 atom stereocenters. The van der Waals surface area contributed by atoms with E-state index in [-0.39, 0.29) is 0 Å². The third kappa shape index (κ3) is 4.69. The van der Waals surface area contributed by atoms with E-state index >= 15 is 0 Å². The van der Waals surface area contributed by atoms with E-state index in [0.717, 1.165) is 27.8 Å². The molecule has 3 nitrogen and oxygen atoms in total. The summed E-state index contributed by atoms with van der Waals surface area (Å²) in [6.07, 6.45) is 1.02. The van der Waals surface area contributed by atoms with Crippen molar-refractivity contribution in [3.8, 4) is 11.5 Å². The molecule has 0 aromatic heterocycles. The third-order valence-corrected chi connectivity index (χ3v) is 4.53. The lowest BCUT2D eigenvalue weighted by atomic mass is 10.1. The number of hydrogen-bond donors (Lipinski definition) is 1. The van der Waals surface area contributed by atoms with E-state index in [2.05, 4.69) is 47.2 Å². The predicted octanol–water partition coefficient (Wildman–Crippen LogP) is 4.78. The number of ether oxygens (including phenoxy) is 2. The molecular weight excluding hydrogens is 374 g/mol. The third-order valence-electron chi connectivity index (χ3n) is 3.50. The lowest BCUT2D eigenvalue weighted by molar-refractivity contribution is 0.299. The Morgan fingerprint density at radius 1 is 1.22 bits per heavy atom. The van der Waals surface area contributed by atoms with Gasteiger partial charge in [-0.05, 0) is 54.9 Å². The van der Waals surface area contributed by atoms with Crippen LogP contribution in [-0.4, -0.2) is 12.2 Å². The van der Waals surface area contributed by atoms with Crippen LogP contribution in [0.3, 0.4) is 0 Å². The number of rotatable bonds is 5. The Hall–Kier alpha value is -1.59. The predicted molar refractivity (Wildman–Crippen MR) is 101 cm³/mol. The van der Waals surface area contributed by atoms with E-state index in [9.17, 15) is 0 Å². The van der Waals surface area contributed by atoms with Crippen LogP contribution in [0.15, 0.2) is 40.9 Å². The van der Waals surface area contributed by atoms with Crippen molar-refractivity contribution in [1.82, 2.24) is 5.32 Å². The molecule has 2 aromatic rings. The Kier molecular flexibility index (Phi) is 6.42. The summed E-state index contributed by atoms with van der Waals surface area (Å²) < 4.78 is 12.6. The number of aryl methyl sites for hydroxylation is 2. The zero-order chi connectivity index (χ0) is 16.8. The topological polar surface area (TPSA) is 30.5 Å². The van der Waals surface area contributed by atoms with Crippen molar-refractivity contribution in [2.75, 3.05) is 7.05 Å². The van der Waals surface area contributed by atoms with Crippen LogP contribution in [0.5, 0.6) is 11.5 Å². The minimum absolute atomic E-state index is 0.327. The first-order valence-corrected chi connectivity index (χ1v) is 8.64. The van der Waals surface area contributed by atoms with Gasteiger partial charge in [-0.1, -0.05) is 41.1 Å². The van der Waals surface area contributed by atoms with Crippen molar-refractivity contribution in [2.45, 2.75) is 26.9 Å². The van der Waals surface area contributed by atoms with Gasteiger partial charge in [-0.25, -0.2) is 0 Å². The van der Waals surface area contributed by atoms with E-state index in [1.165, 1.54) is 5.56 Å². The van der Waals surface area contributed by atoms with Gasteiger partial charge < -0.3 is 14.8 Å². The summed E-state index contributed by atoms with van der Waals surface area (Å²) >= 11 is 8.63. The van der Waals surface area contributed by atoms with Gasteiger partial charge in [0.2, 0.25) is 0 Å². The molecule has 0 spiro atoms. The molecule has 0 amide bonds. The summed E-state index contributed by atoms with van der Waals surface area (Å²) in [4.78, 5) is 0. The summed E-state index contributed by atoms with van der Waals surface area (Å²) in [5.41, 5.74) is 3.35. The van der Waals surface area contributed by atoms with E-state index in [1.807, 2.05) is 24.3 Å². The van der Waals surface area contributed by atoms with Crippen molar-refractivity contribution in [3.05, 3.63) is 57.6 Å². The molecule has 0 saturated heterocycles. The van der Waals surface area contributed by atoms with E-state index in [0.29, 0.717) is 17.5 Å². The van der Waals surface area contributed by atoms with Gasteiger partial charge in [-0.2, -0.15) is 0 Å². The van der Waals surface area contributed by atoms with Gasteiger partial charge in [0.1, 0.15) is 18.1 Å². The summed E-state index contributed by atoms with van der Waals surface area (Å²) in [7, 11) is 1.73. The van der Waals surface area contributed by atoms with E-state index in [1.54, 1.807) is 7.05 Å². The Morgan fingerprint density at radius 2 is 2.00 bits per heavy atom. The number of hydrogen-bond acceptors (Lipinski definition) is 3. The molecule has 0 heterocycles. The molecule has 0 aliphatic carbocycles. The molecule has 2 aromatic carbocycles. The molecule has 0 radical (unpaired) electrons. The van der Waals surface area contributed by atoms with Gasteiger partial charge in [0.15, 0.2) is 0 Å². The quantitative estimate of drug-likeness (QED) is 0.740. The average molecular weight is 394 g/mol. The number of nitrogens with one attached hydrogen (secondary N) is 1. The van der Waals surface area contributed by atoms with Crippen molar-refractivity contribution < 1.29 is 9.47 Å². The van der Waals surface area contributed by atoms with Gasteiger partial charge in [0, 0.05) is 17.1 Å². The average Bonchev–Trinajstić information content (AvgIpc) is 2.55. The molecule has 122 valence electrons. The summed E-state index contributed by atoms with van der Waals surface area (Å²) in [6, 6.07) is 12.0. The SMILES string of the molecule is CCc1ccc(OCc2c(Br)cccc2OC(=S)NC)c(C)c1. The Morgan fingerprint density at radius 3 is 2.65 bits per heavy atom. The zero-order valence-electron chi connectivity index (χ0n) is 13.5. The van der Waals surface area contributed by atoms with Crippen molar-refractivity contribution in [1.29, 1.82) is 0 Å². The van der Waals surface area contributed by atoms with Crippen LogP contribution >= 0.6 is 28.1 Å². The van der Waals surface area contributed by atoms with Gasteiger partial charge in [0.25, 0.3) is 5.17 Å². The van der Waals surface area contributed by atoms with E-state index in [4.69, 9.17) is 21.7 Å². The first-order chi connectivity index (χ1) is 11.0.